The summed E-state index contributed by atoms with van der Waals surface area (Å²) in [5.41, 5.74) is 8.62. The molecule has 5 N–H and O–H groups in total. The Morgan fingerprint density at radius 1 is 1.09 bits per heavy atom. The normalized spacial score (nSPS) is 11.0. The minimum atomic E-state index is -0.867. The standard InChI is InChI=1S/C25H28N6O3.ClH/c1-30(2)21-13-10-19(16-22(21)31(33)34)23(29-20-11-8-18(9-12-20)24(26)27)25(32)28-15-14-17-6-4-3-5-7-17;/h3-13,16,23,29H,14-15H2,1-2H3,(H3,26,27)(H,28,32);1H/t23-;/m0./s1. The summed E-state index contributed by atoms with van der Waals surface area (Å²) in [7, 11) is 3.45. The molecule has 3 aromatic carbocycles. The van der Waals surface area contributed by atoms with Crippen molar-refractivity contribution in [2.75, 3.05) is 30.9 Å². The van der Waals surface area contributed by atoms with E-state index < -0.39 is 11.0 Å². The number of hydrogen-bond acceptors (Lipinski definition) is 6. The molecule has 0 spiro atoms. The molecule has 35 heavy (non-hydrogen) atoms. The zero-order chi connectivity index (χ0) is 24.7. The highest BCUT2D eigenvalue weighted by atomic mass is 35.5. The number of nitro groups is 1. The van der Waals surface area contributed by atoms with Gasteiger partial charge in [-0.25, -0.2) is 0 Å². The van der Waals surface area contributed by atoms with Gasteiger partial charge < -0.3 is 21.3 Å². The van der Waals surface area contributed by atoms with E-state index >= 15 is 0 Å². The average molecular weight is 497 g/mol. The molecule has 1 amide bonds. The second-order valence-electron chi connectivity index (χ2n) is 7.99. The molecule has 0 aliphatic carbocycles. The quantitative estimate of drug-likeness (QED) is 0.145. The monoisotopic (exact) mass is 496 g/mol. The fourth-order valence-electron chi connectivity index (χ4n) is 3.53. The molecule has 3 rings (SSSR count). The minimum absolute atomic E-state index is 0. The van der Waals surface area contributed by atoms with Crippen molar-refractivity contribution in [2.45, 2.75) is 12.5 Å². The number of amides is 1. The van der Waals surface area contributed by atoms with Crippen LogP contribution in [0, 0.1) is 15.5 Å². The van der Waals surface area contributed by atoms with Crippen LogP contribution in [0.1, 0.15) is 22.7 Å². The lowest BCUT2D eigenvalue weighted by molar-refractivity contribution is -0.384. The lowest BCUT2D eigenvalue weighted by atomic mass is 10.0. The van der Waals surface area contributed by atoms with Gasteiger partial charge in [0.25, 0.3) is 5.69 Å². The molecular formula is C25H29ClN6O3. The highest BCUT2D eigenvalue weighted by Gasteiger charge is 2.25. The van der Waals surface area contributed by atoms with Crippen LogP contribution < -0.4 is 21.3 Å². The lowest BCUT2D eigenvalue weighted by Crippen LogP contribution is -2.34. The molecule has 0 aliphatic heterocycles. The van der Waals surface area contributed by atoms with E-state index in [0.717, 1.165) is 5.56 Å². The van der Waals surface area contributed by atoms with Gasteiger partial charge in [-0.2, -0.15) is 0 Å². The maximum atomic E-state index is 13.2. The first-order chi connectivity index (χ1) is 16.3. The molecule has 0 saturated heterocycles. The van der Waals surface area contributed by atoms with E-state index in [1.165, 1.54) is 6.07 Å². The van der Waals surface area contributed by atoms with Crippen LogP contribution in [0.4, 0.5) is 17.1 Å². The first-order valence-electron chi connectivity index (χ1n) is 10.7. The zero-order valence-electron chi connectivity index (χ0n) is 19.5. The Kier molecular flexibility index (Phi) is 9.60. The average Bonchev–Trinajstić information content (AvgIpc) is 2.83. The number of rotatable bonds is 10. The van der Waals surface area contributed by atoms with Gasteiger partial charge in [0.05, 0.1) is 4.92 Å². The van der Waals surface area contributed by atoms with E-state index in [2.05, 4.69) is 10.6 Å². The fraction of sp³-hybridized carbons (Fsp3) is 0.200. The number of nitro benzene ring substituents is 1. The smallest absolute Gasteiger partial charge is 0.292 e. The molecule has 3 aromatic rings. The van der Waals surface area contributed by atoms with Crippen molar-refractivity contribution in [3.8, 4) is 0 Å². The number of benzene rings is 3. The van der Waals surface area contributed by atoms with Crippen molar-refractivity contribution >= 4 is 41.2 Å². The Morgan fingerprint density at radius 3 is 2.31 bits per heavy atom. The summed E-state index contributed by atoms with van der Waals surface area (Å²) in [6, 6.07) is 20.5. The van der Waals surface area contributed by atoms with Gasteiger partial charge in [-0.1, -0.05) is 36.4 Å². The maximum absolute atomic E-state index is 13.2. The van der Waals surface area contributed by atoms with Gasteiger partial charge in [0.1, 0.15) is 17.6 Å². The molecule has 0 heterocycles. The van der Waals surface area contributed by atoms with E-state index in [9.17, 15) is 14.9 Å². The van der Waals surface area contributed by atoms with Gasteiger partial charge >= 0.3 is 0 Å². The topological polar surface area (TPSA) is 137 Å². The third-order valence-corrected chi connectivity index (χ3v) is 5.34. The summed E-state index contributed by atoms with van der Waals surface area (Å²) in [4.78, 5) is 26.1. The van der Waals surface area contributed by atoms with Crippen LogP contribution >= 0.6 is 12.4 Å². The van der Waals surface area contributed by atoms with Gasteiger partial charge in [0.2, 0.25) is 5.91 Å². The molecule has 0 aliphatic rings. The molecule has 1 atom stereocenters. The number of nitrogens with one attached hydrogen (secondary N) is 3. The Balaban J connectivity index is 0.00000432. The first-order valence-corrected chi connectivity index (χ1v) is 10.7. The molecule has 10 heteroatoms. The van der Waals surface area contributed by atoms with Gasteiger partial charge in [-0.15, -0.1) is 12.4 Å². The predicted molar refractivity (Wildman–Crippen MR) is 142 cm³/mol. The highest BCUT2D eigenvalue weighted by molar-refractivity contribution is 5.95. The Labute approximate surface area is 210 Å². The Hall–Kier alpha value is -4.11. The molecule has 184 valence electrons. The maximum Gasteiger partial charge on any atom is 0.292 e. The molecule has 0 bridgehead atoms. The van der Waals surface area contributed by atoms with Crippen LogP contribution in [0.15, 0.2) is 72.8 Å². The van der Waals surface area contributed by atoms with Crippen molar-refractivity contribution in [1.82, 2.24) is 5.32 Å². The summed E-state index contributed by atoms with van der Waals surface area (Å²) < 4.78 is 0. The van der Waals surface area contributed by atoms with Crippen molar-refractivity contribution in [2.24, 2.45) is 5.73 Å². The molecular weight excluding hydrogens is 468 g/mol. The number of amidine groups is 1. The van der Waals surface area contributed by atoms with Gasteiger partial charge in [-0.05, 0) is 47.9 Å². The van der Waals surface area contributed by atoms with Crippen LogP contribution in [0.3, 0.4) is 0 Å². The number of nitrogens with zero attached hydrogens (tertiary/aromatic N) is 2. The molecule has 0 aromatic heterocycles. The number of carbonyl (C=O) groups excluding carboxylic acids is 1. The van der Waals surface area contributed by atoms with Crippen LogP contribution in [-0.4, -0.2) is 37.3 Å². The molecule has 0 radical (unpaired) electrons. The van der Waals surface area contributed by atoms with Gasteiger partial charge in [-0.3, -0.25) is 20.3 Å². The summed E-state index contributed by atoms with van der Waals surface area (Å²) >= 11 is 0. The van der Waals surface area contributed by atoms with Gasteiger partial charge in [0.15, 0.2) is 0 Å². The molecule has 0 saturated carbocycles. The van der Waals surface area contributed by atoms with E-state index in [-0.39, 0.29) is 29.8 Å². The number of carbonyl (C=O) groups is 1. The number of nitrogens with two attached hydrogens (primary N) is 1. The summed E-state index contributed by atoms with van der Waals surface area (Å²) in [6.07, 6.45) is 0.659. The summed E-state index contributed by atoms with van der Waals surface area (Å²) in [6.45, 7) is 0.419. The van der Waals surface area contributed by atoms with E-state index in [0.29, 0.717) is 35.5 Å². The minimum Gasteiger partial charge on any atom is -0.384 e. The van der Waals surface area contributed by atoms with Crippen LogP contribution in [0.2, 0.25) is 0 Å². The number of hydrogen-bond donors (Lipinski definition) is 4. The van der Waals surface area contributed by atoms with E-state index in [1.54, 1.807) is 55.4 Å². The summed E-state index contributed by atoms with van der Waals surface area (Å²) in [5, 5.41) is 25.3. The molecule has 0 fully saturated rings. The zero-order valence-corrected chi connectivity index (χ0v) is 20.3. The highest BCUT2D eigenvalue weighted by Crippen LogP contribution is 2.31. The van der Waals surface area contributed by atoms with Crippen LogP contribution in [0.25, 0.3) is 0 Å². The third-order valence-electron chi connectivity index (χ3n) is 5.34. The number of anilines is 2. The second-order valence-corrected chi connectivity index (χ2v) is 7.99. The predicted octanol–water partition coefficient (Wildman–Crippen LogP) is 3.88. The van der Waals surface area contributed by atoms with Gasteiger partial charge in [0, 0.05) is 38.0 Å². The lowest BCUT2D eigenvalue weighted by Gasteiger charge is -2.21. The van der Waals surface area contributed by atoms with Crippen LogP contribution in [0.5, 0.6) is 0 Å². The van der Waals surface area contributed by atoms with Crippen molar-refractivity contribution in [3.05, 3.63) is 99.6 Å². The third kappa shape index (κ3) is 7.18. The Bertz CT molecular complexity index is 1170. The Morgan fingerprint density at radius 2 is 1.74 bits per heavy atom. The van der Waals surface area contributed by atoms with E-state index in [4.69, 9.17) is 11.1 Å². The van der Waals surface area contributed by atoms with Crippen molar-refractivity contribution in [3.63, 3.8) is 0 Å². The fourth-order valence-corrected chi connectivity index (χ4v) is 3.53. The van der Waals surface area contributed by atoms with Crippen molar-refractivity contribution < 1.29 is 9.72 Å². The largest absolute Gasteiger partial charge is 0.384 e. The van der Waals surface area contributed by atoms with Crippen molar-refractivity contribution in [1.29, 1.82) is 5.41 Å². The molecule has 0 unspecified atom stereocenters. The second kappa shape index (κ2) is 12.4. The first kappa shape index (κ1) is 27.1. The molecule has 9 nitrogen and oxygen atoms in total. The summed E-state index contributed by atoms with van der Waals surface area (Å²) in [5.74, 6) is -0.366. The number of nitrogen functional groups attached to an aromatic ring is 1. The SMILES string of the molecule is CN(C)c1ccc([C@H](Nc2ccc(C(=N)N)cc2)C(=O)NCCc2ccccc2)cc1[N+](=O)[O-].Cl. The van der Waals surface area contributed by atoms with Crippen LogP contribution in [-0.2, 0) is 11.2 Å². The van der Waals surface area contributed by atoms with E-state index in [1.807, 2.05) is 30.3 Å². The number of halogens is 1.